The van der Waals surface area contributed by atoms with Crippen LogP contribution in [0.5, 0.6) is 0 Å². The molecule has 23 heavy (non-hydrogen) atoms. The number of benzene rings is 2. The van der Waals surface area contributed by atoms with Crippen molar-refractivity contribution in [2.24, 2.45) is 0 Å². The summed E-state index contributed by atoms with van der Waals surface area (Å²) in [7, 11) is 0. The number of thiocarbonyl (C=S) groups is 1. The minimum Gasteiger partial charge on any atom is -0.356 e. The van der Waals surface area contributed by atoms with E-state index in [1.165, 1.54) is 16.7 Å². The molecule has 0 saturated carbocycles. The van der Waals surface area contributed by atoms with E-state index < -0.39 is 0 Å². The van der Waals surface area contributed by atoms with Crippen LogP contribution in [0.1, 0.15) is 55.8 Å². The van der Waals surface area contributed by atoms with Gasteiger partial charge in [-0.15, -0.1) is 0 Å². The van der Waals surface area contributed by atoms with E-state index in [4.69, 9.17) is 12.2 Å². The van der Waals surface area contributed by atoms with Crippen molar-refractivity contribution in [1.82, 2.24) is 5.32 Å². The number of hydrogen-bond donors (Lipinski definition) is 2. The van der Waals surface area contributed by atoms with Crippen molar-refractivity contribution in [2.45, 2.75) is 46.1 Å². The Kier molecular flexibility index (Phi) is 6.17. The highest BCUT2D eigenvalue weighted by molar-refractivity contribution is 7.80. The third-order valence-corrected chi connectivity index (χ3v) is 4.46. The van der Waals surface area contributed by atoms with E-state index in [2.05, 4.69) is 74.7 Å². The lowest BCUT2D eigenvalue weighted by molar-refractivity contribution is 0.713. The number of rotatable bonds is 5. The van der Waals surface area contributed by atoms with E-state index in [1.54, 1.807) is 0 Å². The molecule has 3 heteroatoms. The maximum Gasteiger partial charge on any atom is 0.171 e. The number of anilines is 1. The molecule has 2 atom stereocenters. The first kappa shape index (κ1) is 17.5. The van der Waals surface area contributed by atoms with Gasteiger partial charge in [0, 0.05) is 5.69 Å². The second kappa shape index (κ2) is 8.11. The van der Waals surface area contributed by atoms with Gasteiger partial charge in [0.2, 0.25) is 0 Å². The molecule has 122 valence electrons. The van der Waals surface area contributed by atoms with Crippen LogP contribution in [0.4, 0.5) is 5.69 Å². The molecule has 0 aromatic heterocycles. The molecule has 0 fully saturated rings. The van der Waals surface area contributed by atoms with Gasteiger partial charge in [-0.2, -0.15) is 0 Å². The molecular weight excluding hydrogens is 300 g/mol. The van der Waals surface area contributed by atoms with Crippen molar-refractivity contribution >= 4 is 23.0 Å². The zero-order chi connectivity index (χ0) is 16.8. The maximum atomic E-state index is 5.42. The van der Waals surface area contributed by atoms with Gasteiger partial charge in [0.15, 0.2) is 5.11 Å². The SMILES string of the molecule is CCC(C)c1ccc(C(C)NC(=S)Nc2cccc(C)c2)cc1. The maximum absolute atomic E-state index is 5.42. The molecule has 0 aliphatic rings. The minimum absolute atomic E-state index is 0.172. The molecule has 0 spiro atoms. The summed E-state index contributed by atoms with van der Waals surface area (Å²) in [5.41, 5.74) is 4.86. The van der Waals surface area contributed by atoms with Crippen LogP contribution in [0.15, 0.2) is 48.5 Å². The lowest BCUT2D eigenvalue weighted by Crippen LogP contribution is -2.30. The normalized spacial score (nSPS) is 13.2. The highest BCUT2D eigenvalue weighted by atomic mass is 32.1. The van der Waals surface area contributed by atoms with Gasteiger partial charge < -0.3 is 10.6 Å². The second-order valence-electron chi connectivity index (χ2n) is 6.17. The summed E-state index contributed by atoms with van der Waals surface area (Å²) < 4.78 is 0. The van der Waals surface area contributed by atoms with Crippen LogP contribution in [0, 0.1) is 6.92 Å². The van der Waals surface area contributed by atoms with E-state index in [-0.39, 0.29) is 6.04 Å². The Balaban J connectivity index is 1.95. The van der Waals surface area contributed by atoms with Crippen LogP contribution < -0.4 is 10.6 Å². The van der Waals surface area contributed by atoms with E-state index in [0.29, 0.717) is 11.0 Å². The Morgan fingerprint density at radius 1 is 1.04 bits per heavy atom. The van der Waals surface area contributed by atoms with Crippen LogP contribution in [-0.4, -0.2) is 5.11 Å². The van der Waals surface area contributed by atoms with Crippen LogP contribution in [0.2, 0.25) is 0 Å². The van der Waals surface area contributed by atoms with Crippen molar-refractivity contribution < 1.29 is 0 Å². The molecule has 2 rings (SSSR count). The summed E-state index contributed by atoms with van der Waals surface area (Å²) >= 11 is 5.42. The smallest absolute Gasteiger partial charge is 0.171 e. The zero-order valence-corrected chi connectivity index (χ0v) is 15.2. The van der Waals surface area contributed by atoms with Crippen LogP contribution in [-0.2, 0) is 0 Å². The monoisotopic (exact) mass is 326 g/mol. The first-order valence-electron chi connectivity index (χ1n) is 8.23. The average Bonchev–Trinajstić information content (AvgIpc) is 2.54. The van der Waals surface area contributed by atoms with Gasteiger partial charge in [0.25, 0.3) is 0 Å². The van der Waals surface area contributed by atoms with Crippen LogP contribution in [0.25, 0.3) is 0 Å². The molecule has 2 unspecified atom stereocenters. The van der Waals surface area contributed by atoms with Crippen LogP contribution in [0.3, 0.4) is 0 Å². The van der Waals surface area contributed by atoms with Gasteiger partial charge in [0.1, 0.15) is 0 Å². The Bertz CT molecular complexity index is 649. The first-order valence-corrected chi connectivity index (χ1v) is 8.64. The van der Waals surface area contributed by atoms with Gasteiger partial charge >= 0.3 is 0 Å². The van der Waals surface area contributed by atoms with Gasteiger partial charge in [-0.25, -0.2) is 0 Å². The predicted octanol–water partition coefficient (Wildman–Crippen LogP) is 5.56. The fraction of sp³-hybridized carbons (Fsp3) is 0.350. The molecule has 2 aromatic carbocycles. The molecule has 2 nitrogen and oxygen atoms in total. The summed E-state index contributed by atoms with van der Waals surface area (Å²) in [6.45, 7) is 8.68. The third kappa shape index (κ3) is 5.07. The Hall–Kier alpha value is -1.87. The number of nitrogens with one attached hydrogen (secondary N) is 2. The zero-order valence-electron chi connectivity index (χ0n) is 14.4. The summed E-state index contributed by atoms with van der Waals surface area (Å²) in [6.07, 6.45) is 1.16. The highest BCUT2D eigenvalue weighted by Crippen LogP contribution is 2.21. The topological polar surface area (TPSA) is 24.1 Å². The van der Waals surface area contributed by atoms with Crippen LogP contribution >= 0.6 is 12.2 Å². The molecule has 0 saturated heterocycles. The predicted molar refractivity (Wildman–Crippen MR) is 104 cm³/mol. The molecule has 0 bridgehead atoms. The Morgan fingerprint density at radius 3 is 2.30 bits per heavy atom. The molecule has 0 heterocycles. The molecule has 0 amide bonds. The van der Waals surface area contributed by atoms with E-state index >= 15 is 0 Å². The third-order valence-electron chi connectivity index (χ3n) is 4.24. The lowest BCUT2D eigenvalue weighted by Gasteiger charge is -2.18. The van der Waals surface area contributed by atoms with Crippen molar-refractivity contribution in [1.29, 1.82) is 0 Å². The second-order valence-corrected chi connectivity index (χ2v) is 6.57. The number of hydrogen-bond acceptors (Lipinski definition) is 1. The number of aryl methyl sites for hydroxylation is 1. The van der Waals surface area contributed by atoms with E-state index in [9.17, 15) is 0 Å². The Morgan fingerprint density at radius 2 is 1.70 bits per heavy atom. The first-order chi connectivity index (χ1) is 11.0. The average molecular weight is 327 g/mol. The van der Waals surface area contributed by atoms with Gasteiger partial charge in [0.05, 0.1) is 6.04 Å². The van der Waals surface area contributed by atoms with Gasteiger partial charge in [-0.1, -0.05) is 50.2 Å². The van der Waals surface area contributed by atoms with Crippen molar-refractivity contribution in [3.63, 3.8) is 0 Å². The van der Waals surface area contributed by atoms with Gasteiger partial charge in [-0.3, -0.25) is 0 Å². The summed E-state index contributed by atoms with van der Waals surface area (Å²) in [5.74, 6) is 0.608. The quantitative estimate of drug-likeness (QED) is 0.704. The minimum atomic E-state index is 0.172. The highest BCUT2D eigenvalue weighted by Gasteiger charge is 2.09. The molecule has 0 aliphatic carbocycles. The molecule has 2 N–H and O–H groups in total. The largest absolute Gasteiger partial charge is 0.356 e. The standard InChI is InChI=1S/C20H26N2S/c1-5-15(3)17-9-11-18(12-10-17)16(4)21-20(23)22-19-8-6-7-14(2)13-19/h6-13,15-16H,5H2,1-4H3,(H2,21,22,23). The van der Waals surface area contributed by atoms with E-state index in [0.717, 1.165) is 12.1 Å². The van der Waals surface area contributed by atoms with E-state index in [1.807, 2.05) is 12.1 Å². The molecule has 0 aliphatic heterocycles. The fourth-order valence-corrected chi connectivity index (χ4v) is 2.81. The summed E-state index contributed by atoms with van der Waals surface area (Å²) in [6, 6.07) is 17.2. The fourth-order valence-electron chi connectivity index (χ4n) is 2.52. The van der Waals surface area contributed by atoms with Crippen molar-refractivity contribution in [3.8, 4) is 0 Å². The van der Waals surface area contributed by atoms with Crippen molar-refractivity contribution in [2.75, 3.05) is 5.32 Å². The lowest BCUT2D eigenvalue weighted by atomic mass is 9.96. The molecule has 2 aromatic rings. The molecular formula is C20H26N2S. The van der Waals surface area contributed by atoms with Crippen molar-refractivity contribution in [3.05, 3.63) is 65.2 Å². The summed E-state index contributed by atoms with van der Waals surface area (Å²) in [4.78, 5) is 0. The van der Waals surface area contributed by atoms with Gasteiger partial charge in [-0.05, 0) is 67.2 Å². The molecule has 0 radical (unpaired) electrons. The summed E-state index contributed by atoms with van der Waals surface area (Å²) in [5, 5.41) is 7.24. The Labute approximate surface area is 145 Å².